The Morgan fingerprint density at radius 3 is 2.41 bits per heavy atom. The van der Waals surface area contributed by atoms with Crippen molar-refractivity contribution in [1.29, 1.82) is 0 Å². The Balaban J connectivity index is 1.78. The van der Waals surface area contributed by atoms with Crippen molar-refractivity contribution in [3.05, 3.63) is 59.7 Å². The third-order valence-corrected chi connectivity index (χ3v) is 3.16. The number of aryl methyl sites for hydroxylation is 1. The van der Waals surface area contributed by atoms with E-state index < -0.39 is 6.03 Å². The number of phenolic OH excluding ortho intramolecular Hbond substituents is 1. The van der Waals surface area contributed by atoms with E-state index in [0.29, 0.717) is 11.3 Å². The summed E-state index contributed by atoms with van der Waals surface area (Å²) >= 11 is 0. The van der Waals surface area contributed by atoms with Crippen LogP contribution in [0.2, 0.25) is 0 Å². The van der Waals surface area contributed by atoms with Gasteiger partial charge >= 0.3 is 6.03 Å². The number of para-hydroxylation sites is 2. The van der Waals surface area contributed by atoms with Crippen molar-refractivity contribution in [2.45, 2.75) is 13.3 Å². The Kier molecular flexibility index (Phi) is 5.14. The molecule has 114 valence electrons. The molecule has 0 aromatic heterocycles. The molecule has 5 heteroatoms. The summed E-state index contributed by atoms with van der Waals surface area (Å²) in [6.07, 6.45) is 0.219. The van der Waals surface area contributed by atoms with Crippen molar-refractivity contribution in [1.82, 2.24) is 5.32 Å². The predicted molar refractivity (Wildman–Crippen MR) is 85.3 cm³/mol. The standard InChI is InChI=1S/C17H18N2O3/c1-12-6-8-13(9-7-12)15(20)10-11-18-17(22)19-14-4-2-3-5-16(14)21/h2-9,21H,10-11H2,1H3,(H2,18,19,22). The van der Waals surface area contributed by atoms with Crippen molar-refractivity contribution >= 4 is 17.5 Å². The van der Waals surface area contributed by atoms with Gasteiger partial charge in [-0.1, -0.05) is 42.0 Å². The van der Waals surface area contributed by atoms with Gasteiger partial charge in [0.2, 0.25) is 0 Å². The lowest BCUT2D eigenvalue weighted by Gasteiger charge is -2.08. The summed E-state index contributed by atoms with van der Waals surface area (Å²) in [5, 5.41) is 14.7. The van der Waals surface area contributed by atoms with Gasteiger partial charge in [-0.15, -0.1) is 0 Å². The number of benzene rings is 2. The second-order valence-electron chi connectivity index (χ2n) is 4.94. The maximum atomic E-state index is 11.9. The lowest BCUT2D eigenvalue weighted by molar-refractivity contribution is 0.0983. The highest BCUT2D eigenvalue weighted by Crippen LogP contribution is 2.21. The van der Waals surface area contributed by atoms with Gasteiger partial charge in [0, 0.05) is 18.5 Å². The maximum Gasteiger partial charge on any atom is 0.319 e. The van der Waals surface area contributed by atoms with E-state index in [-0.39, 0.29) is 24.5 Å². The highest BCUT2D eigenvalue weighted by molar-refractivity contribution is 5.97. The van der Waals surface area contributed by atoms with Crippen LogP contribution >= 0.6 is 0 Å². The molecule has 0 bridgehead atoms. The zero-order chi connectivity index (χ0) is 15.9. The van der Waals surface area contributed by atoms with Crippen LogP contribution in [0.5, 0.6) is 5.75 Å². The molecular formula is C17H18N2O3. The van der Waals surface area contributed by atoms with Gasteiger partial charge in [-0.05, 0) is 19.1 Å². The first-order valence-corrected chi connectivity index (χ1v) is 6.99. The second kappa shape index (κ2) is 7.26. The molecule has 0 fully saturated rings. The van der Waals surface area contributed by atoms with Gasteiger partial charge in [0.05, 0.1) is 5.69 Å². The van der Waals surface area contributed by atoms with Crippen LogP contribution in [0, 0.1) is 6.92 Å². The fourth-order valence-electron chi connectivity index (χ4n) is 1.92. The van der Waals surface area contributed by atoms with E-state index >= 15 is 0 Å². The highest BCUT2D eigenvalue weighted by atomic mass is 16.3. The molecule has 2 rings (SSSR count). The number of hydrogen-bond acceptors (Lipinski definition) is 3. The number of hydrogen-bond donors (Lipinski definition) is 3. The smallest absolute Gasteiger partial charge is 0.319 e. The first-order valence-electron chi connectivity index (χ1n) is 6.99. The van der Waals surface area contributed by atoms with Crippen LogP contribution in [0.3, 0.4) is 0 Å². The summed E-state index contributed by atoms with van der Waals surface area (Å²) in [7, 11) is 0. The van der Waals surface area contributed by atoms with Gasteiger partial charge in [0.1, 0.15) is 5.75 Å². The fraction of sp³-hybridized carbons (Fsp3) is 0.176. The molecule has 0 atom stereocenters. The number of amides is 2. The zero-order valence-corrected chi connectivity index (χ0v) is 12.3. The number of carbonyl (C=O) groups excluding carboxylic acids is 2. The van der Waals surface area contributed by atoms with Crippen LogP contribution in [-0.4, -0.2) is 23.5 Å². The molecule has 2 aromatic rings. The number of nitrogens with one attached hydrogen (secondary N) is 2. The molecule has 0 aliphatic rings. The molecule has 0 saturated carbocycles. The average Bonchev–Trinajstić information content (AvgIpc) is 2.50. The van der Waals surface area contributed by atoms with Crippen molar-refractivity contribution in [3.63, 3.8) is 0 Å². The van der Waals surface area contributed by atoms with Gasteiger partial charge in [0.15, 0.2) is 5.78 Å². The van der Waals surface area contributed by atoms with Crippen LogP contribution < -0.4 is 10.6 Å². The summed E-state index contributed by atoms with van der Waals surface area (Å²) < 4.78 is 0. The molecule has 0 heterocycles. The first kappa shape index (κ1) is 15.6. The quantitative estimate of drug-likeness (QED) is 0.586. The molecule has 0 unspecified atom stereocenters. The van der Waals surface area contributed by atoms with E-state index in [1.807, 2.05) is 19.1 Å². The van der Waals surface area contributed by atoms with Crippen LogP contribution in [0.25, 0.3) is 0 Å². The number of carbonyl (C=O) groups is 2. The first-order chi connectivity index (χ1) is 10.6. The zero-order valence-electron chi connectivity index (χ0n) is 12.3. The SMILES string of the molecule is Cc1ccc(C(=O)CCNC(=O)Nc2ccccc2O)cc1. The van der Waals surface area contributed by atoms with Crippen LogP contribution in [0.15, 0.2) is 48.5 Å². The van der Waals surface area contributed by atoms with E-state index in [0.717, 1.165) is 5.56 Å². The molecule has 0 aliphatic heterocycles. The molecule has 0 aliphatic carbocycles. The Morgan fingerprint density at radius 2 is 1.73 bits per heavy atom. The van der Waals surface area contributed by atoms with Crippen LogP contribution in [0.4, 0.5) is 10.5 Å². The topological polar surface area (TPSA) is 78.4 Å². The molecule has 0 radical (unpaired) electrons. The molecule has 0 saturated heterocycles. The highest BCUT2D eigenvalue weighted by Gasteiger charge is 2.08. The van der Waals surface area contributed by atoms with Crippen molar-refractivity contribution in [2.75, 3.05) is 11.9 Å². The molecule has 3 N–H and O–H groups in total. The molecule has 2 aromatic carbocycles. The lowest BCUT2D eigenvalue weighted by atomic mass is 10.1. The minimum atomic E-state index is -0.460. The summed E-state index contributed by atoms with van der Waals surface area (Å²) in [6.45, 7) is 2.19. The van der Waals surface area contributed by atoms with Gasteiger partial charge in [-0.3, -0.25) is 4.79 Å². The van der Waals surface area contributed by atoms with Crippen molar-refractivity contribution in [2.24, 2.45) is 0 Å². The lowest BCUT2D eigenvalue weighted by Crippen LogP contribution is -2.30. The third kappa shape index (κ3) is 4.34. The van der Waals surface area contributed by atoms with Gasteiger partial charge in [-0.25, -0.2) is 4.79 Å². The molecular weight excluding hydrogens is 280 g/mol. The van der Waals surface area contributed by atoms with Crippen LogP contribution in [-0.2, 0) is 0 Å². The third-order valence-electron chi connectivity index (χ3n) is 3.16. The van der Waals surface area contributed by atoms with Crippen molar-refractivity contribution < 1.29 is 14.7 Å². The monoisotopic (exact) mass is 298 g/mol. The summed E-state index contributed by atoms with van der Waals surface area (Å²) in [4.78, 5) is 23.6. The number of aromatic hydroxyl groups is 1. The van der Waals surface area contributed by atoms with E-state index in [1.54, 1.807) is 30.3 Å². The molecule has 5 nitrogen and oxygen atoms in total. The summed E-state index contributed by atoms with van der Waals surface area (Å²) in [6, 6.07) is 13.3. The second-order valence-corrected chi connectivity index (χ2v) is 4.94. The average molecular weight is 298 g/mol. The minimum Gasteiger partial charge on any atom is -0.506 e. The Labute approximate surface area is 129 Å². The Hall–Kier alpha value is -2.82. The van der Waals surface area contributed by atoms with E-state index in [4.69, 9.17) is 0 Å². The van der Waals surface area contributed by atoms with E-state index in [1.165, 1.54) is 6.07 Å². The number of Topliss-reactive ketones (excluding diaryl/α,β-unsaturated/α-hetero) is 1. The largest absolute Gasteiger partial charge is 0.506 e. The minimum absolute atomic E-state index is 0.00613. The number of phenols is 1. The van der Waals surface area contributed by atoms with Crippen LogP contribution in [0.1, 0.15) is 22.3 Å². The van der Waals surface area contributed by atoms with E-state index in [2.05, 4.69) is 10.6 Å². The van der Waals surface area contributed by atoms with Gasteiger partial charge < -0.3 is 15.7 Å². The fourth-order valence-corrected chi connectivity index (χ4v) is 1.92. The maximum absolute atomic E-state index is 11.9. The summed E-state index contributed by atoms with van der Waals surface area (Å²) in [5.41, 5.74) is 2.05. The molecule has 22 heavy (non-hydrogen) atoms. The Bertz CT molecular complexity index is 666. The van der Waals surface area contributed by atoms with Crippen molar-refractivity contribution in [3.8, 4) is 5.75 Å². The number of ketones is 1. The summed E-state index contributed by atoms with van der Waals surface area (Å²) in [5.74, 6) is -0.0313. The molecule has 2 amide bonds. The van der Waals surface area contributed by atoms with E-state index in [9.17, 15) is 14.7 Å². The van der Waals surface area contributed by atoms with Gasteiger partial charge in [0.25, 0.3) is 0 Å². The predicted octanol–water partition coefficient (Wildman–Crippen LogP) is 3.10. The molecule has 0 spiro atoms. The normalized spacial score (nSPS) is 10.0. The Morgan fingerprint density at radius 1 is 1.05 bits per heavy atom. The number of anilines is 1. The van der Waals surface area contributed by atoms with Gasteiger partial charge in [-0.2, -0.15) is 0 Å². The number of urea groups is 1. The number of rotatable bonds is 5.